The van der Waals surface area contributed by atoms with Gasteiger partial charge in [0.25, 0.3) is 0 Å². The van der Waals surface area contributed by atoms with E-state index in [1.165, 1.54) is 191 Å². The van der Waals surface area contributed by atoms with E-state index in [9.17, 15) is 0 Å². The first kappa shape index (κ1) is 42.1. The van der Waals surface area contributed by atoms with Crippen molar-refractivity contribution in [1.29, 1.82) is 0 Å². The van der Waals surface area contributed by atoms with Crippen molar-refractivity contribution in [2.45, 2.75) is 0 Å². The Morgan fingerprint density at radius 1 is 0.186 bits per heavy atom. The predicted molar refractivity (Wildman–Crippen MR) is 337 cm³/mol. The van der Waals surface area contributed by atoms with Crippen LogP contribution in [-0.4, -0.2) is 165 Å². The number of rotatable bonds is 2. The fourth-order valence-electron chi connectivity index (χ4n) is 11.5. The quantitative estimate of drug-likeness (QED) is 0.0944. The third-order valence-corrected chi connectivity index (χ3v) is 16.9. The second-order valence-corrected chi connectivity index (χ2v) is 19.1. The maximum Gasteiger partial charge on any atom is 0.139 e. The summed E-state index contributed by atoms with van der Waals surface area (Å²) in [4.78, 5) is 0. The van der Waals surface area contributed by atoms with E-state index in [0.29, 0.717) is 0 Å². The molecule has 0 heterocycles. The van der Waals surface area contributed by atoms with E-state index in [4.69, 9.17) is 0 Å². The Hall–Kier alpha value is -3.58. The second-order valence-electron chi connectivity index (χ2n) is 19.1. The van der Waals surface area contributed by atoms with Gasteiger partial charge in [0.1, 0.15) is 165 Å². The van der Waals surface area contributed by atoms with E-state index >= 15 is 0 Å². The van der Waals surface area contributed by atoms with E-state index in [-0.39, 0.29) is 0 Å². The molecule has 0 N–H and O–H groups in total. The lowest BCUT2D eigenvalue weighted by atomic mass is 9.57. The highest BCUT2D eigenvalue weighted by molar-refractivity contribution is 6.74. The van der Waals surface area contributed by atoms with E-state index in [1.807, 2.05) is 0 Å². The minimum atomic E-state index is 1.36. The molecule has 0 amide bonds. The fourth-order valence-corrected chi connectivity index (χ4v) is 11.5. The van der Waals surface area contributed by atoms with Gasteiger partial charge >= 0.3 is 0 Å². The van der Waals surface area contributed by atoms with Gasteiger partial charge in [0, 0.05) is 0 Å². The van der Waals surface area contributed by atoms with Crippen molar-refractivity contribution in [2.75, 3.05) is 0 Å². The molecular formula is C38H45B21. The van der Waals surface area contributed by atoms with Crippen molar-refractivity contribution in [3.8, 4) is 22.3 Å². The van der Waals surface area contributed by atoms with Gasteiger partial charge in [-0.15, -0.1) is 49.2 Å². The molecule has 0 bridgehead atoms. The summed E-state index contributed by atoms with van der Waals surface area (Å²) >= 11 is 0. The number of fused-ring (bicyclic) bond motifs is 8. The van der Waals surface area contributed by atoms with Crippen LogP contribution in [0.2, 0.25) is 0 Å². The standard InChI is InChI=1S/C38H45B21/c39-8-2-5-10-4(14-18(15(5)25(46)22(8)43)29(50)35(56)32(53)26(14)47)1-7(20(41)23(10)44)12-13-6(3-9(40)21(42)24(13)45)11(16-17(12)28(49)34(55)33(54)27(16)48)19-30(51)36(57)38(59)37(58)31(19)52/h1-3H,39-59H2. The molecule has 260 valence electrons. The molecule has 0 aliphatic rings. The molecule has 0 saturated heterocycles. The van der Waals surface area contributed by atoms with Crippen LogP contribution in [0.25, 0.3) is 76.1 Å². The molecule has 0 aromatic heterocycles. The predicted octanol–water partition coefficient (Wildman–Crippen LogP) is -25.8. The highest BCUT2D eigenvalue weighted by atomic mass is 14.3. The highest BCUT2D eigenvalue weighted by Crippen LogP contribution is 2.41. The third kappa shape index (κ3) is 5.53. The second kappa shape index (κ2) is 14.2. The largest absolute Gasteiger partial charge is 0.139 e. The Morgan fingerprint density at radius 3 is 1.00 bits per heavy atom. The summed E-state index contributed by atoms with van der Waals surface area (Å²) in [5.41, 5.74) is 35.0. The minimum absolute atomic E-state index is 1.36. The monoisotopic (exact) mass is 733 g/mol. The zero-order valence-electron chi connectivity index (χ0n) is 40.2. The average molecular weight is 729 g/mol. The normalized spacial score (nSPS) is 11.8. The summed E-state index contributed by atoms with van der Waals surface area (Å²) in [6.45, 7) is 0. The van der Waals surface area contributed by atoms with Gasteiger partial charge in [-0.3, -0.25) is 0 Å². The highest BCUT2D eigenvalue weighted by Gasteiger charge is 2.28. The van der Waals surface area contributed by atoms with Gasteiger partial charge in [-0.25, -0.2) is 0 Å². The molecule has 0 radical (unpaired) electrons. The summed E-state index contributed by atoms with van der Waals surface area (Å²) in [5.74, 6) is 0. The Bertz CT molecular complexity index is 3310. The van der Waals surface area contributed by atoms with Gasteiger partial charge in [0.15, 0.2) is 0 Å². The molecule has 0 fully saturated rings. The van der Waals surface area contributed by atoms with Crippen LogP contribution < -0.4 is 115 Å². The van der Waals surface area contributed by atoms with Crippen LogP contribution in [0.5, 0.6) is 0 Å². The summed E-state index contributed by atoms with van der Waals surface area (Å²) in [5, 5.41) is 14.1. The van der Waals surface area contributed by atoms with Crippen molar-refractivity contribution >= 4 is 333 Å². The summed E-state index contributed by atoms with van der Waals surface area (Å²) in [7, 11) is 49.5. The smallest absolute Gasteiger partial charge is 0.102 e. The zero-order chi connectivity index (χ0) is 43.3. The molecular weight excluding hydrogens is 683 g/mol. The van der Waals surface area contributed by atoms with Gasteiger partial charge in [-0.2, -0.15) is 0 Å². The van der Waals surface area contributed by atoms with E-state index in [0.717, 1.165) is 0 Å². The van der Waals surface area contributed by atoms with Gasteiger partial charge in [-0.05, 0) is 82.2 Å². The van der Waals surface area contributed by atoms with Crippen LogP contribution >= 0.6 is 0 Å². The van der Waals surface area contributed by atoms with Gasteiger partial charge in [-0.1, -0.05) is 77.7 Å². The van der Waals surface area contributed by atoms with E-state index in [1.54, 1.807) is 0 Å². The number of benzene rings is 8. The minimum Gasteiger partial charge on any atom is -0.102 e. The Balaban J connectivity index is 1.75. The molecule has 0 spiro atoms. The van der Waals surface area contributed by atoms with Gasteiger partial charge in [0.2, 0.25) is 0 Å². The topological polar surface area (TPSA) is 0 Å². The molecule has 0 saturated carbocycles. The third-order valence-electron chi connectivity index (χ3n) is 16.9. The maximum atomic E-state index is 2.65. The first-order chi connectivity index (χ1) is 27.6. The average Bonchev–Trinajstić information content (AvgIpc) is 3.20. The SMILES string of the molecule is Bc1cc2c(-c3c(B)c(B)c(B)c(B)c3B)c3c(B)c(B)c(B)c(B)c3c(-c3cc4c(c(B)c3B)c3cc(B)c(B)c(B)c3c3c(B)c(B)c(B)c(B)c43)c2c(B)c1B. The molecule has 0 aliphatic heterocycles. The Kier molecular flexibility index (Phi) is 10.2. The van der Waals surface area contributed by atoms with Crippen molar-refractivity contribution in [3.63, 3.8) is 0 Å². The molecule has 8 rings (SSSR count). The summed E-state index contributed by atoms with van der Waals surface area (Å²) in [6.07, 6.45) is 0. The fraction of sp³-hybridized carbons (Fsp3) is 0. The Morgan fingerprint density at radius 2 is 0.508 bits per heavy atom. The van der Waals surface area contributed by atoms with Crippen molar-refractivity contribution in [2.24, 2.45) is 0 Å². The molecule has 0 aliphatic carbocycles. The van der Waals surface area contributed by atoms with E-state index in [2.05, 4.69) is 183 Å². The van der Waals surface area contributed by atoms with Crippen LogP contribution in [0, 0.1) is 0 Å². The van der Waals surface area contributed by atoms with Crippen LogP contribution in [0.1, 0.15) is 0 Å². The van der Waals surface area contributed by atoms with Crippen molar-refractivity contribution in [3.05, 3.63) is 18.2 Å². The maximum absolute atomic E-state index is 2.65. The van der Waals surface area contributed by atoms with E-state index < -0.39 is 0 Å². The summed E-state index contributed by atoms with van der Waals surface area (Å²) in [6, 6.07) is 7.69. The van der Waals surface area contributed by atoms with Crippen LogP contribution in [-0.2, 0) is 0 Å². The molecule has 0 atom stereocenters. The molecule has 8 aromatic rings. The molecule has 59 heavy (non-hydrogen) atoms. The lowest BCUT2D eigenvalue weighted by Crippen LogP contribution is -2.55. The zero-order valence-corrected chi connectivity index (χ0v) is 40.2. The number of hydrogen-bond donors (Lipinski definition) is 0. The molecule has 21 heteroatoms. The summed E-state index contributed by atoms with van der Waals surface area (Å²) < 4.78 is 0. The Labute approximate surface area is 371 Å². The molecule has 0 unspecified atom stereocenters. The van der Waals surface area contributed by atoms with Crippen LogP contribution in [0.4, 0.5) is 0 Å². The molecule has 0 nitrogen and oxygen atoms in total. The molecule has 8 aromatic carbocycles. The lowest BCUT2D eigenvalue weighted by Gasteiger charge is -2.30. The van der Waals surface area contributed by atoms with Crippen molar-refractivity contribution in [1.82, 2.24) is 0 Å². The lowest BCUT2D eigenvalue weighted by molar-refractivity contribution is 1.82. The van der Waals surface area contributed by atoms with Gasteiger partial charge < -0.3 is 0 Å². The van der Waals surface area contributed by atoms with Crippen molar-refractivity contribution < 1.29 is 0 Å². The van der Waals surface area contributed by atoms with Gasteiger partial charge in [0.05, 0.1) is 0 Å². The van der Waals surface area contributed by atoms with Crippen LogP contribution in [0.15, 0.2) is 18.2 Å². The van der Waals surface area contributed by atoms with Crippen LogP contribution in [0.3, 0.4) is 0 Å². The first-order valence-electron chi connectivity index (χ1n) is 22.0. The first-order valence-corrected chi connectivity index (χ1v) is 22.0. The number of hydrogen-bond acceptors (Lipinski definition) is 0.